The molecule has 1 unspecified atom stereocenters. The summed E-state index contributed by atoms with van der Waals surface area (Å²) in [5.41, 5.74) is 0.764. The highest BCUT2D eigenvalue weighted by Crippen LogP contribution is 2.37. The molecule has 0 radical (unpaired) electrons. The van der Waals surface area contributed by atoms with E-state index in [1.54, 1.807) is 12.1 Å². The highest BCUT2D eigenvalue weighted by atomic mass is 19.4. The third-order valence-electron chi connectivity index (χ3n) is 3.35. The van der Waals surface area contributed by atoms with Crippen molar-refractivity contribution in [2.45, 2.75) is 25.1 Å². The molecule has 1 N–H and O–H groups in total. The molecule has 6 heteroatoms. The number of fused-ring (bicyclic) bond motifs is 1. The third kappa shape index (κ3) is 1.72. The van der Waals surface area contributed by atoms with Gasteiger partial charge < -0.3 is 4.90 Å². The molecule has 0 saturated carbocycles. The molecular weight excluding hydrogens is 243 g/mol. The number of alkyl halides is 3. The number of hydrogen-bond acceptors (Lipinski definition) is 2. The molecule has 3 nitrogen and oxygen atoms in total. The lowest BCUT2D eigenvalue weighted by atomic mass is 10.2. The summed E-state index contributed by atoms with van der Waals surface area (Å²) in [6, 6.07) is 5.82. The minimum atomic E-state index is -4.20. The van der Waals surface area contributed by atoms with Crippen molar-refractivity contribution in [3.63, 3.8) is 0 Å². The number of anilines is 1. The van der Waals surface area contributed by atoms with Gasteiger partial charge in [0, 0.05) is 11.9 Å². The monoisotopic (exact) mass is 255 g/mol. The van der Waals surface area contributed by atoms with Crippen molar-refractivity contribution in [1.82, 2.24) is 10.2 Å². The fourth-order valence-electron chi connectivity index (χ4n) is 2.53. The maximum Gasteiger partial charge on any atom is 0.408 e. The molecule has 1 aromatic heterocycles. The van der Waals surface area contributed by atoms with E-state index < -0.39 is 12.2 Å². The highest BCUT2D eigenvalue weighted by molar-refractivity contribution is 5.90. The third-order valence-corrected chi connectivity index (χ3v) is 3.35. The molecule has 1 aromatic carbocycles. The van der Waals surface area contributed by atoms with Gasteiger partial charge in [-0.05, 0) is 25.0 Å². The van der Waals surface area contributed by atoms with Crippen molar-refractivity contribution in [3.8, 4) is 0 Å². The Labute approximate surface area is 102 Å². The van der Waals surface area contributed by atoms with E-state index in [2.05, 4.69) is 10.2 Å². The van der Waals surface area contributed by atoms with Crippen LogP contribution in [0.3, 0.4) is 0 Å². The highest BCUT2D eigenvalue weighted by Gasteiger charge is 2.46. The number of H-pyrrole nitrogens is 1. The normalized spacial score (nSPS) is 20.8. The number of para-hydroxylation sites is 1. The van der Waals surface area contributed by atoms with Crippen LogP contribution < -0.4 is 4.90 Å². The molecule has 0 bridgehead atoms. The van der Waals surface area contributed by atoms with Gasteiger partial charge in [-0.2, -0.15) is 18.3 Å². The predicted octanol–water partition coefficient (Wildman–Crippen LogP) is 3.09. The van der Waals surface area contributed by atoms with Crippen molar-refractivity contribution in [2.24, 2.45) is 0 Å². The second-order valence-electron chi connectivity index (χ2n) is 4.49. The Bertz CT molecular complexity index is 561. The second-order valence-corrected chi connectivity index (χ2v) is 4.49. The van der Waals surface area contributed by atoms with Gasteiger partial charge in [-0.15, -0.1) is 0 Å². The Morgan fingerprint density at radius 1 is 1.28 bits per heavy atom. The zero-order valence-electron chi connectivity index (χ0n) is 9.54. The van der Waals surface area contributed by atoms with E-state index in [9.17, 15) is 13.2 Å². The van der Waals surface area contributed by atoms with Gasteiger partial charge in [0.2, 0.25) is 0 Å². The van der Waals surface area contributed by atoms with Gasteiger partial charge in [0.1, 0.15) is 6.04 Å². The quantitative estimate of drug-likeness (QED) is 0.849. The number of nitrogens with zero attached hydrogens (tertiary/aromatic N) is 2. The number of rotatable bonds is 1. The molecule has 2 heterocycles. The molecule has 96 valence electrons. The number of aromatic amines is 1. The summed E-state index contributed by atoms with van der Waals surface area (Å²) in [5.74, 6) is 0.408. The first-order valence-corrected chi connectivity index (χ1v) is 5.84. The lowest BCUT2D eigenvalue weighted by Gasteiger charge is -2.26. The molecule has 1 aliphatic rings. The summed E-state index contributed by atoms with van der Waals surface area (Å²) in [5, 5.41) is 7.56. The maximum atomic E-state index is 12.9. The average Bonchev–Trinajstić information content (AvgIpc) is 2.93. The van der Waals surface area contributed by atoms with Crippen LogP contribution >= 0.6 is 0 Å². The molecule has 2 aromatic rings. The SMILES string of the molecule is FC(F)(F)C1CCCN1c1n[nH]c2ccccc12. The molecule has 1 saturated heterocycles. The Morgan fingerprint density at radius 2 is 2.06 bits per heavy atom. The average molecular weight is 255 g/mol. The number of hydrogen-bond donors (Lipinski definition) is 1. The summed E-state index contributed by atoms with van der Waals surface area (Å²) >= 11 is 0. The smallest absolute Gasteiger partial charge is 0.343 e. The summed E-state index contributed by atoms with van der Waals surface area (Å²) < 4.78 is 38.8. The Hall–Kier alpha value is -1.72. The minimum absolute atomic E-state index is 0.144. The van der Waals surface area contributed by atoms with E-state index in [1.807, 2.05) is 12.1 Å². The van der Waals surface area contributed by atoms with Gasteiger partial charge in [0.15, 0.2) is 5.82 Å². The van der Waals surface area contributed by atoms with E-state index in [0.717, 1.165) is 10.9 Å². The molecule has 1 aliphatic heterocycles. The first kappa shape index (κ1) is 11.4. The molecule has 1 atom stereocenters. The lowest BCUT2D eigenvalue weighted by molar-refractivity contribution is -0.146. The van der Waals surface area contributed by atoms with E-state index in [0.29, 0.717) is 18.8 Å². The fourth-order valence-corrected chi connectivity index (χ4v) is 2.53. The van der Waals surface area contributed by atoms with Crippen LogP contribution in [0.1, 0.15) is 12.8 Å². The number of aromatic nitrogens is 2. The van der Waals surface area contributed by atoms with E-state index >= 15 is 0 Å². The number of nitrogens with one attached hydrogen (secondary N) is 1. The summed E-state index contributed by atoms with van der Waals surface area (Å²) in [6.07, 6.45) is -3.51. The zero-order valence-corrected chi connectivity index (χ0v) is 9.54. The largest absolute Gasteiger partial charge is 0.408 e. The molecule has 1 fully saturated rings. The summed E-state index contributed by atoms with van der Waals surface area (Å²) in [6.45, 7) is 0.402. The topological polar surface area (TPSA) is 31.9 Å². The summed E-state index contributed by atoms with van der Waals surface area (Å²) in [7, 11) is 0. The van der Waals surface area contributed by atoms with E-state index in [-0.39, 0.29) is 6.42 Å². The molecule has 0 spiro atoms. The standard InChI is InChI=1S/C12H12F3N3/c13-12(14,15)10-6-3-7-18(10)11-8-4-1-2-5-9(8)16-17-11/h1-2,4-5,10H,3,6-7H2,(H,16,17). The van der Waals surface area contributed by atoms with Crippen LogP contribution in [0.4, 0.5) is 19.0 Å². The lowest BCUT2D eigenvalue weighted by Crippen LogP contribution is -2.41. The van der Waals surface area contributed by atoms with Crippen LogP contribution in [-0.2, 0) is 0 Å². The first-order chi connectivity index (χ1) is 8.57. The van der Waals surface area contributed by atoms with Crippen molar-refractivity contribution >= 4 is 16.7 Å². The maximum absolute atomic E-state index is 12.9. The number of halogens is 3. The molecule has 0 aliphatic carbocycles. The minimum Gasteiger partial charge on any atom is -0.343 e. The Kier molecular flexibility index (Phi) is 2.46. The second kappa shape index (κ2) is 3.90. The van der Waals surface area contributed by atoms with Crippen LogP contribution in [0.15, 0.2) is 24.3 Å². The Balaban J connectivity index is 2.04. The predicted molar refractivity (Wildman–Crippen MR) is 62.5 cm³/mol. The Morgan fingerprint density at radius 3 is 2.83 bits per heavy atom. The van der Waals surface area contributed by atoms with Crippen LogP contribution in [0.2, 0.25) is 0 Å². The van der Waals surface area contributed by atoms with Crippen molar-refractivity contribution in [1.29, 1.82) is 0 Å². The fraction of sp³-hybridized carbons (Fsp3) is 0.417. The van der Waals surface area contributed by atoms with Crippen molar-refractivity contribution in [2.75, 3.05) is 11.4 Å². The van der Waals surface area contributed by atoms with E-state index in [1.165, 1.54) is 4.90 Å². The number of benzene rings is 1. The van der Waals surface area contributed by atoms with Gasteiger partial charge >= 0.3 is 6.18 Å². The van der Waals surface area contributed by atoms with Crippen LogP contribution in [0.25, 0.3) is 10.9 Å². The van der Waals surface area contributed by atoms with Crippen molar-refractivity contribution in [3.05, 3.63) is 24.3 Å². The van der Waals surface area contributed by atoms with Gasteiger partial charge in [-0.25, -0.2) is 0 Å². The molecular formula is C12H12F3N3. The first-order valence-electron chi connectivity index (χ1n) is 5.84. The van der Waals surface area contributed by atoms with Gasteiger partial charge in [-0.3, -0.25) is 5.10 Å². The van der Waals surface area contributed by atoms with Crippen LogP contribution in [-0.4, -0.2) is 29.0 Å². The van der Waals surface area contributed by atoms with Gasteiger partial charge in [0.05, 0.1) is 5.52 Å². The summed E-state index contributed by atoms with van der Waals surface area (Å²) in [4.78, 5) is 1.36. The zero-order chi connectivity index (χ0) is 12.8. The van der Waals surface area contributed by atoms with Crippen molar-refractivity contribution < 1.29 is 13.2 Å². The van der Waals surface area contributed by atoms with Gasteiger partial charge in [-0.1, -0.05) is 12.1 Å². The molecule has 3 rings (SSSR count). The van der Waals surface area contributed by atoms with Crippen LogP contribution in [0.5, 0.6) is 0 Å². The van der Waals surface area contributed by atoms with Crippen LogP contribution in [0, 0.1) is 0 Å². The van der Waals surface area contributed by atoms with E-state index in [4.69, 9.17) is 0 Å². The molecule has 18 heavy (non-hydrogen) atoms. The van der Waals surface area contributed by atoms with Gasteiger partial charge in [0.25, 0.3) is 0 Å². The molecule has 0 amide bonds.